The first-order valence-electron chi connectivity index (χ1n) is 13.5. The summed E-state index contributed by atoms with van der Waals surface area (Å²) in [5, 5.41) is 2.54. The van der Waals surface area contributed by atoms with Gasteiger partial charge in [-0.25, -0.2) is 0 Å². The van der Waals surface area contributed by atoms with Crippen molar-refractivity contribution < 1.29 is 0 Å². The quantitative estimate of drug-likeness (QED) is 0.208. The fourth-order valence-electron chi connectivity index (χ4n) is 5.33. The van der Waals surface area contributed by atoms with Gasteiger partial charge in [-0.05, 0) is 88.2 Å². The van der Waals surface area contributed by atoms with E-state index in [2.05, 4.69) is 148 Å². The molecule has 0 bridgehead atoms. The molecule has 0 heterocycles. The average Bonchev–Trinajstić information content (AvgIpc) is 2.98. The van der Waals surface area contributed by atoms with E-state index < -0.39 is 0 Å². The molecule has 0 amide bonds. The lowest BCUT2D eigenvalue weighted by molar-refractivity contribution is 1.38. The smallest absolute Gasteiger partial charge is 0.0662 e. The average molecular weight is 502 g/mol. The summed E-state index contributed by atoms with van der Waals surface area (Å²) in [4.78, 5) is 4.98. The van der Waals surface area contributed by atoms with Gasteiger partial charge in [0.2, 0.25) is 0 Å². The van der Waals surface area contributed by atoms with Gasteiger partial charge in [-0.1, -0.05) is 121 Å². The molecule has 0 spiro atoms. The van der Waals surface area contributed by atoms with Gasteiger partial charge in [0.15, 0.2) is 0 Å². The molecule has 0 N–H and O–H groups in total. The second-order valence-electron chi connectivity index (χ2n) is 10.2. The molecule has 0 unspecified atom stereocenters. The highest BCUT2D eigenvalue weighted by molar-refractivity contribution is 6.06. The van der Waals surface area contributed by atoms with Gasteiger partial charge in [-0.2, -0.15) is 0 Å². The van der Waals surface area contributed by atoms with Crippen molar-refractivity contribution in [3.8, 4) is 33.4 Å². The van der Waals surface area contributed by atoms with Crippen molar-refractivity contribution >= 4 is 22.2 Å². The second kappa shape index (κ2) is 10.6. The van der Waals surface area contributed by atoms with Crippen molar-refractivity contribution in [2.75, 3.05) is 0 Å². The van der Waals surface area contributed by atoms with Crippen LogP contribution in [0.25, 0.3) is 44.2 Å². The normalized spacial score (nSPS) is 11.6. The summed E-state index contributed by atoms with van der Waals surface area (Å²) in [6.45, 7) is 6.41. The third kappa shape index (κ3) is 5.04. The molecule has 1 heteroatoms. The van der Waals surface area contributed by atoms with E-state index in [4.69, 9.17) is 4.99 Å². The zero-order valence-electron chi connectivity index (χ0n) is 22.6. The molecule has 0 aliphatic heterocycles. The molecule has 0 radical (unpaired) electrons. The van der Waals surface area contributed by atoms with Gasteiger partial charge >= 0.3 is 0 Å². The number of hydrogen-bond acceptors (Lipinski definition) is 1. The molecule has 0 saturated carbocycles. The maximum Gasteiger partial charge on any atom is 0.0662 e. The predicted molar refractivity (Wildman–Crippen MR) is 168 cm³/mol. The molecule has 6 rings (SSSR count). The van der Waals surface area contributed by atoms with Gasteiger partial charge in [0.25, 0.3) is 0 Å². The molecule has 0 aliphatic carbocycles. The lowest BCUT2D eigenvalue weighted by atomic mass is 9.91. The third-order valence-electron chi connectivity index (χ3n) is 7.54. The van der Waals surface area contributed by atoms with Gasteiger partial charge in [-0.15, -0.1) is 0 Å². The zero-order chi connectivity index (χ0) is 26.8. The highest BCUT2D eigenvalue weighted by Crippen LogP contribution is 2.33. The van der Waals surface area contributed by atoms with Crippen molar-refractivity contribution in [3.05, 3.63) is 150 Å². The van der Waals surface area contributed by atoms with E-state index in [0.717, 1.165) is 17.0 Å². The van der Waals surface area contributed by atoms with Gasteiger partial charge in [0.1, 0.15) is 0 Å². The Bertz CT molecular complexity index is 1820. The zero-order valence-corrected chi connectivity index (χ0v) is 22.6. The molecule has 1 nitrogen and oxygen atoms in total. The fourth-order valence-corrected chi connectivity index (χ4v) is 5.33. The summed E-state index contributed by atoms with van der Waals surface area (Å²) < 4.78 is 0. The summed E-state index contributed by atoms with van der Waals surface area (Å²) in [6, 6.07) is 47.7. The van der Waals surface area contributed by atoms with Crippen LogP contribution in [-0.4, -0.2) is 5.71 Å². The van der Waals surface area contributed by atoms with Crippen LogP contribution in [0, 0.1) is 13.8 Å². The number of nitrogens with zero attached hydrogens (tertiary/aromatic N) is 1. The molecule has 0 saturated heterocycles. The van der Waals surface area contributed by atoms with Crippen LogP contribution in [0.3, 0.4) is 0 Å². The minimum absolute atomic E-state index is 1.02. The molecule has 0 aromatic heterocycles. The van der Waals surface area contributed by atoms with E-state index in [0.29, 0.717) is 0 Å². The van der Waals surface area contributed by atoms with E-state index in [1.165, 1.54) is 55.3 Å². The van der Waals surface area contributed by atoms with E-state index in [1.54, 1.807) is 0 Å². The van der Waals surface area contributed by atoms with E-state index in [1.807, 2.05) is 6.07 Å². The largest absolute Gasteiger partial charge is 0.253 e. The summed E-state index contributed by atoms with van der Waals surface area (Å²) in [7, 11) is 0. The molecular weight excluding hydrogens is 470 g/mol. The Balaban J connectivity index is 1.30. The lowest BCUT2D eigenvalue weighted by Gasteiger charge is -2.14. The summed E-state index contributed by atoms with van der Waals surface area (Å²) in [5.74, 6) is 0. The van der Waals surface area contributed by atoms with Crippen LogP contribution in [0.15, 0.2) is 138 Å². The van der Waals surface area contributed by atoms with Crippen LogP contribution in [0.1, 0.15) is 23.6 Å². The van der Waals surface area contributed by atoms with Crippen LogP contribution in [0.2, 0.25) is 0 Å². The highest BCUT2D eigenvalue weighted by atomic mass is 14.7. The van der Waals surface area contributed by atoms with Crippen LogP contribution < -0.4 is 0 Å². The maximum absolute atomic E-state index is 4.98. The first-order chi connectivity index (χ1) is 19.1. The Hall–Kier alpha value is -4.75. The summed E-state index contributed by atoms with van der Waals surface area (Å²) >= 11 is 0. The Kier molecular flexibility index (Phi) is 6.65. The number of aliphatic imine (C=N–C) groups is 1. The van der Waals surface area contributed by atoms with Crippen molar-refractivity contribution in [1.82, 2.24) is 0 Å². The van der Waals surface area contributed by atoms with Crippen molar-refractivity contribution in [1.29, 1.82) is 0 Å². The molecule has 0 fully saturated rings. The molecular formula is C38H31N. The topological polar surface area (TPSA) is 12.4 Å². The fraction of sp³-hybridized carbons (Fsp3) is 0.0789. The van der Waals surface area contributed by atoms with Crippen LogP contribution in [0.4, 0.5) is 5.69 Å². The Morgan fingerprint density at radius 3 is 1.79 bits per heavy atom. The minimum atomic E-state index is 1.02. The number of fused-ring (bicyclic) bond motifs is 1. The number of benzene rings is 6. The molecule has 39 heavy (non-hydrogen) atoms. The van der Waals surface area contributed by atoms with Gasteiger partial charge in [0.05, 0.1) is 5.69 Å². The molecule has 6 aromatic carbocycles. The van der Waals surface area contributed by atoms with Crippen LogP contribution in [0.5, 0.6) is 0 Å². The lowest BCUT2D eigenvalue weighted by Crippen LogP contribution is -1.99. The predicted octanol–water partition coefficient (Wildman–Crippen LogP) is 10.6. The van der Waals surface area contributed by atoms with Crippen LogP contribution >= 0.6 is 0 Å². The SMILES string of the molecule is C/C(=N\c1ccccc1C)c1ccccc1-c1ccc(-c2ccc(-c3ccc4ccccc4c3)cc2)cc1C. The van der Waals surface area contributed by atoms with Gasteiger partial charge in [-0.3, -0.25) is 4.99 Å². The second-order valence-corrected chi connectivity index (χ2v) is 10.2. The Morgan fingerprint density at radius 2 is 1.05 bits per heavy atom. The monoisotopic (exact) mass is 501 g/mol. The highest BCUT2D eigenvalue weighted by Gasteiger charge is 2.12. The van der Waals surface area contributed by atoms with E-state index >= 15 is 0 Å². The first-order valence-corrected chi connectivity index (χ1v) is 13.5. The standard InChI is InChI=1S/C38H31N/c1-26-10-4-9-15-38(26)39-28(3)36-13-7-8-14-37(36)35-23-22-33(24-27(35)2)30-16-18-31(19-17-30)34-21-20-29-11-5-6-12-32(29)25-34/h4-25H,1-3H3/b39-28+. The van der Waals surface area contributed by atoms with Crippen molar-refractivity contribution in [2.45, 2.75) is 20.8 Å². The summed E-state index contributed by atoms with van der Waals surface area (Å²) in [6.07, 6.45) is 0. The van der Waals surface area contributed by atoms with E-state index in [-0.39, 0.29) is 0 Å². The number of aryl methyl sites for hydroxylation is 2. The number of para-hydroxylation sites is 1. The number of hydrogen-bond donors (Lipinski definition) is 0. The maximum atomic E-state index is 4.98. The summed E-state index contributed by atoms with van der Waals surface area (Å²) in [5.41, 5.74) is 13.0. The molecule has 188 valence electrons. The van der Waals surface area contributed by atoms with Crippen LogP contribution in [-0.2, 0) is 0 Å². The van der Waals surface area contributed by atoms with E-state index in [9.17, 15) is 0 Å². The third-order valence-corrected chi connectivity index (χ3v) is 7.54. The Labute approximate surface area is 231 Å². The van der Waals surface area contributed by atoms with Crippen molar-refractivity contribution in [2.24, 2.45) is 4.99 Å². The molecule has 0 aliphatic rings. The Morgan fingerprint density at radius 1 is 0.462 bits per heavy atom. The van der Waals surface area contributed by atoms with Gasteiger partial charge < -0.3 is 0 Å². The number of rotatable bonds is 5. The molecule has 0 atom stereocenters. The minimum Gasteiger partial charge on any atom is -0.253 e. The van der Waals surface area contributed by atoms with Crippen molar-refractivity contribution in [3.63, 3.8) is 0 Å². The first kappa shape index (κ1) is 24.6. The molecule has 6 aromatic rings. The van der Waals surface area contributed by atoms with Gasteiger partial charge in [0, 0.05) is 11.3 Å².